The molecule has 0 aliphatic carbocycles. The van der Waals surface area contributed by atoms with Gasteiger partial charge in [0, 0.05) is 0 Å². The Hall–Kier alpha value is -4.95. The van der Waals surface area contributed by atoms with Crippen LogP contribution in [0.1, 0.15) is 42.1 Å². The molecular formula is C36H32N2O5S. The van der Waals surface area contributed by atoms with Crippen molar-refractivity contribution in [1.29, 1.82) is 0 Å². The first-order valence-corrected chi connectivity index (χ1v) is 15.2. The summed E-state index contributed by atoms with van der Waals surface area (Å²) in [6.07, 6.45) is 1.82. The summed E-state index contributed by atoms with van der Waals surface area (Å²) in [7, 11) is 1.60. The standard InChI is InChI=1S/C36H32N2O5S/c1-5-42-35(40)32-23(3)37-36-38(33(32)26-16-13-22(2)14-17-26)34(39)31(44-36)20-24-15-18-29(30(19-24)41-4)43-21-27-11-8-10-25-9-6-7-12-28(25)27/h6-20,33H,5,21H2,1-4H3/b31-20-. The summed E-state index contributed by atoms with van der Waals surface area (Å²) in [5.41, 5.74) is 4.42. The number of thiazole rings is 1. The molecule has 7 nitrogen and oxygen atoms in total. The van der Waals surface area contributed by atoms with E-state index in [1.807, 2.05) is 73.7 Å². The molecule has 0 saturated heterocycles. The molecule has 0 bridgehead atoms. The van der Waals surface area contributed by atoms with E-state index in [1.165, 1.54) is 11.3 Å². The summed E-state index contributed by atoms with van der Waals surface area (Å²) in [6, 6.07) is 27.2. The lowest BCUT2D eigenvalue weighted by Crippen LogP contribution is -2.39. The van der Waals surface area contributed by atoms with Crippen LogP contribution in [0.3, 0.4) is 0 Å². The minimum Gasteiger partial charge on any atom is -0.493 e. The van der Waals surface area contributed by atoms with Gasteiger partial charge in [0.15, 0.2) is 16.3 Å². The zero-order valence-corrected chi connectivity index (χ0v) is 25.8. The van der Waals surface area contributed by atoms with Gasteiger partial charge in [0.2, 0.25) is 0 Å². The number of rotatable bonds is 8. The Labute approximate surface area is 259 Å². The Morgan fingerprint density at radius 3 is 2.52 bits per heavy atom. The van der Waals surface area contributed by atoms with Gasteiger partial charge in [-0.1, -0.05) is 89.7 Å². The number of nitrogens with zero attached hydrogens (tertiary/aromatic N) is 2. The van der Waals surface area contributed by atoms with E-state index < -0.39 is 12.0 Å². The molecule has 2 heterocycles. The molecule has 1 unspecified atom stereocenters. The maximum atomic E-state index is 13.9. The first-order valence-electron chi connectivity index (χ1n) is 14.4. The molecule has 0 amide bonds. The van der Waals surface area contributed by atoms with Crippen molar-refractivity contribution in [2.45, 2.75) is 33.4 Å². The van der Waals surface area contributed by atoms with Crippen molar-refractivity contribution in [2.24, 2.45) is 4.99 Å². The smallest absolute Gasteiger partial charge is 0.338 e. The van der Waals surface area contributed by atoms with Gasteiger partial charge in [-0.2, -0.15) is 0 Å². The molecule has 0 fully saturated rings. The summed E-state index contributed by atoms with van der Waals surface area (Å²) in [4.78, 5) is 32.2. The number of aromatic nitrogens is 1. The largest absolute Gasteiger partial charge is 0.493 e. The lowest BCUT2D eigenvalue weighted by molar-refractivity contribution is -0.139. The number of hydrogen-bond donors (Lipinski definition) is 0. The highest BCUT2D eigenvalue weighted by Gasteiger charge is 2.33. The van der Waals surface area contributed by atoms with Gasteiger partial charge >= 0.3 is 5.97 Å². The highest BCUT2D eigenvalue weighted by molar-refractivity contribution is 7.07. The van der Waals surface area contributed by atoms with E-state index in [9.17, 15) is 9.59 Å². The van der Waals surface area contributed by atoms with Crippen LogP contribution in [-0.4, -0.2) is 24.3 Å². The average molecular weight is 605 g/mol. The molecule has 5 aromatic rings. The minimum absolute atomic E-state index is 0.226. The Balaban J connectivity index is 1.36. The third-order valence-electron chi connectivity index (χ3n) is 7.66. The van der Waals surface area contributed by atoms with E-state index >= 15 is 0 Å². The van der Waals surface area contributed by atoms with Crippen molar-refractivity contribution in [3.05, 3.63) is 138 Å². The molecule has 0 radical (unpaired) electrons. The third-order valence-corrected chi connectivity index (χ3v) is 8.64. The van der Waals surface area contributed by atoms with E-state index in [-0.39, 0.29) is 12.2 Å². The van der Waals surface area contributed by atoms with E-state index in [0.29, 0.717) is 38.7 Å². The predicted molar refractivity (Wildman–Crippen MR) is 173 cm³/mol. The average Bonchev–Trinajstić information content (AvgIpc) is 3.33. The number of carbonyl (C=O) groups excluding carboxylic acids is 1. The molecule has 0 N–H and O–H groups in total. The summed E-state index contributed by atoms with van der Waals surface area (Å²) < 4.78 is 19.3. The zero-order valence-electron chi connectivity index (χ0n) is 25.0. The number of allylic oxidation sites excluding steroid dienone is 1. The summed E-state index contributed by atoms with van der Waals surface area (Å²) >= 11 is 1.29. The van der Waals surface area contributed by atoms with Gasteiger partial charge in [-0.15, -0.1) is 0 Å². The topological polar surface area (TPSA) is 79.1 Å². The second kappa shape index (κ2) is 12.3. The van der Waals surface area contributed by atoms with Crippen molar-refractivity contribution in [3.63, 3.8) is 0 Å². The second-order valence-electron chi connectivity index (χ2n) is 10.6. The van der Waals surface area contributed by atoms with Crippen LogP contribution in [0, 0.1) is 6.92 Å². The fourth-order valence-corrected chi connectivity index (χ4v) is 6.52. The van der Waals surface area contributed by atoms with Crippen molar-refractivity contribution in [3.8, 4) is 11.5 Å². The number of carbonyl (C=O) groups is 1. The van der Waals surface area contributed by atoms with Crippen LogP contribution in [0.4, 0.5) is 0 Å². The van der Waals surface area contributed by atoms with Crippen molar-refractivity contribution >= 4 is 34.2 Å². The second-order valence-corrected chi connectivity index (χ2v) is 11.6. The van der Waals surface area contributed by atoms with Crippen LogP contribution in [0.2, 0.25) is 0 Å². The molecule has 0 spiro atoms. The van der Waals surface area contributed by atoms with Crippen LogP contribution >= 0.6 is 11.3 Å². The number of ether oxygens (including phenoxy) is 3. The predicted octanol–water partition coefficient (Wildman–Crippen LogP) is 5.85. The number of aryl methyl sites for hydroxylation is 1. The third kappa shape index (κ3) is 5.56. The molecule has 222 valence electrons. The summed E-state index contributed by atoms with van der Waals surface area (Å²) in [5, 5.41) is 2.30. The van der Waals surface area contributed by atoms with Crippen LogP contribution < -0.4 is 24.4 Å². The van der Waals surface area contributed by atoms with E-state index in [2.05, 4.69) is 29.3 Å². The van der Waals surface area contributed by atoms with Crippen LogP contribution in [0.5, 0.6) is 11.5 Å². The highest BCUT2D eigenvalue weighted by Crippen LogP contribution is 2.32. The number of esters is 1. The molecule has 1 atom stereocenters. The fourth-order valence-electron chi connectivity index (χ4n) is 5.47. The van der Waals surface area contributed by atoms with Crippen LogP contribution in [-0.2, 0) is 16.1 Å². The number of hydrogen-bond acceptors (Lipinski definition) is 7. The van der Waals surface area contributed by atoms with Gasteiger partial charge in [-0.3, -0.25) is 9.36 Å². The van der Waals surface area contributed by atoms with Crippen LogP contribution in [0.15, 0.2) is 106 Å². The fraction of sp³-hybridized carbons (Fsp3) is 0.194. The van der Waals surface area contributed by atoms with Gasteiger partial charge in [0.05, 0.1) is 35.6 Å². The Kier molecular flexibility index (Phi) is 8.17. The number of fused-ring (bicyclic) bond motifs is 2. The lowest BCUT2D eigenvalue weighted by Gasteiger charge is -2.24. The first kappa shape index (κ1) is 29.1. The van der Waals surface area contributed by atoms with E-state index in [0.717, 1.165) is 33.0 Å². The molecule has 4 aromatic carbocycles. The summed E-state index contributed by atoms with van der Waals surface area (Å²) in [5.74, 6) is 0.690. The number of methoxy groups -OCH3 is 1. The van der Waals surface area contributed by atoms with Gasteiger partial charge in [0.25, 0.3) is 5.56 Å². The molecule has 1 aliphatic heterocycles. The Morgan fingerprint density at radius 2 is 1.75 bits per heavy atom. The quantitative estimate of drug-likeness (QED) is 0.208. The maximum Gasteiger partial charge on any atom is 0.338 e. The molecule has 44 heavy (non-hydrogen) atoms. The Morgan fingerprint density at radius 1 is 0.977 bits per heavy atom. The van der Waals surface area contributed by atoms with E-state index in [1.54, 1.807) is 25.5 Å². The number of benzene rings is 4. The molecule has 8 heteroatoms. The monoisotopic (exact) mass is 604 g/mol. The van der Waals surface area contributed by atoms with Gasteiger partial charge in [-0.25, -0.2) is 9.79 Å². The zero-order chi connectivity index (χ0) is 30.8. The van der Waals surface area contributed by atoms with Gasteiger partial charge in [-0.05, 0) is 66.4 Å². The van der Waals surface area contributed by atoms with Crippen molar-refractivity contribution in [2.75, 3.05) is 13.7 Å². The van der Waals surface area contributed by atoms with Gasteiger partial charge < -0.3 is 14.2 Å². The highest BCUT2D eigenvalue weighted by atomic mass is 32.1. The molecule has 0 saturated carbocycles. The van der Waals surface area contributed by atoms with Crippen molar-refractivity contribution in [1.82, 2.24) is 4.57 Å². The van der Waals surface area contributed by atoms with Crippen molar-refractivity contribution < 1.29 is 19.0 Å². The normalized spacial score (nSPS) is 14.7. The lowest BCUT2D eigenvalue weighted by atomic mass is 9.95. The molecule has 6 rings (SSSR count). The Bertz CT molecular complexity index is 2080. The molecule has 1 aromatic heterocycles. The van der Waals surface area contributed by atoms with Gasteiger partial charge in [0.1, 0.15) is 6.61 Å². The minimum atomic E-state index is -0.646. The summed E-state index contributed by atoms with van der Waals surface area (Å²) in [6.45, 7) is 6.16. The maximum absolute atomic E-state index is 13.9. The van der Waals surface area contributed by atoms with E-state index in [4.69, 9.17) is 14.2 Å². The molecule has 1 aliphatic rings. The molecular weight excluding hydrogens is 572 g/mol. The van der Waals surface area contributed by atoms with Crippen LogP contribution in [0.25, 0.3) is 16.8 Å². The SMILES string of the molecule is CCOC(=O)C1=C(C)N=c2s/c(=C\c3ccc(OCc4cccc5ccccc45)c(OC)c3)c(=O)n2C1c1ccc(C)cc1. The first-order chi connectivity index (χ1) is 21.4.